The van der Waals surface area contributed by atoms with Gasteiger partial charge in [-0.2, -0.15) is 0 Å². The molecule has 5 nitrogen and oxygen atoms in total. The van der Waals surface area contributed by atoms with Crippen molar-refractivity contribution in [2.75, 3.05) is 6.67 Å². The molecule has 0 radical (unpaired) electrons. The van der Waals surface area contributed by atoms with Crippen molar-refractivity contribution in [1.29, 1.82) is 0 Å². The number of aromatic hydroxyl groups is 1. The maximum Gasteiger partial charge on any atom is 0.274 e. The summed E-state index contributed by atoms with van der Waals surface area (Å²) in [6.45, 7) is -0.912. The second kappa shape index (κ2) is 5.47. The summed E-state index contributed by atoms with van der Waals surface area (Å²) in [7, 11) is 0. The van der Waals surface area contributed by atoms with E-state index in [1.54, 1.807) is 0 Å². The van der Waals surface area contributed by atoms with Gasteiger partial charge in [0.25, 0.3) is 5.69 Å². The Hall–Kier alpha value is -1.40. The number of nitro benzene ring substituents is 1. The molecule has 84 valence electrons. The lowest BCUT2D eigenvalue weighted by Gasteiger charge is -2.07. The average molecular weight is 237 g/mol. The molecule has 0 saturated carbocycles. The first-order valence-electron chi connectivity index (χ1n) is 3.85. The molecular weight excluding hydrogens is 227 g/mol. The number of alkyl halides is 1. The summed E-state index contributed by atoms with van der Waals surface area (Å²) in [4.78, 5) is 9.84. The van der Waals surface area contributed by atoms with Crippen LogP contribution in [0, 0.1) is 10.1 Å². The van der Waals surface area contributed by atoms with Gasteiger partial charge in [0, 0.05) is 6.07 Å². The zero-order valence-electron chi connectivity index (χ0n) is 7.59. The highest BCUT2D eigenvalue weighted by molar-refractivity contribution is 5.85. The third-order valence-corrected chi connectivity index (χ3v) is 1.77. The fourth-order valence-electron chi connectivity index (χ4n) is 1.09. The lowest BCUT2D eigenvalue weighted by molar-refractivity contribution is -0.385. The molecule has 1 aromatic rings. The predicted molar refractivity (Wildman–Crippen MR) is 54.9 cm³/mol. The molecular formula is C8H10ClFN2O3. The molecule has 7 heteroatoms. The molecule has 1 aromatic carbocycles. The standard InChI is InChI=1S/C8H9FN2O3.ClH/c9-4-7(10)6-3-5(12)1-2-8(6)11(13)14;/h1-3,7,12H,4,10H2;1H/t7-;/m0./s1. The Labute approximate surface area is 91.3 Å². The minimum Gasteiger partial charge on any atom is -0.508 e. The third-order valence-electron chi connectivity index (χ3n) is 1.77. The van der Waals surface area contributed by atoms with E-state index in [0.29, 0.717) is 0 Å². The van der Waals surface area contributed by atoms with Crippen LogP contribution in [0.15, 0.2) is 18.2 Å². The van der Waals surface area contributed by atoms with Crippen LogP contribution in [-0.4, -0.2) is 16.7 Å². The van der Waals surface area contributed by atoms with Crippen molar-refractivity contribution in [3.05, 3.63) is 33.9 Å². The predicted octanol–water partition coefficient (Wildman–Crippen LogP) is 1.69. The van der Waals surface area contributed by atoms with Crippen molar-refractivity contribution < 1.29 is 14.4 Å². The number of halogens is 2. The van der Waals surface area contributed by atoms with Crippen LogP contribution in [-0.2, 0) is 0 Å². The van der Waals surface area contributed by atoms with E-state index >= 15 is 0 Å². The fraction of sp³-hybridized carbons (Fsp3) is 0.250. The number of phenols is 1. The fourth-order valence-corrected chi connectivity index (χ4v) is 1.09. The number of phenolic OH excluding ortho intramolecular Hbond substituents is 1. The second-order valence-electron chi connectivity index (χ2n) is 2.76. The Morgan fingerprint density at radius 2 is 2.20 bits per heavy atom. The summed E-state index contributed by atoms with van der Waals surface area (Å²) in [6.07, 6.45) is 0. The summed E-state index contributed by atoms with van der Waals surface area (Å²) >= 11 is 0. The summed E-state index contributed by atoms with van der Waals surface area (Å²) < 4.78 is 12.2. The Morgan fingerprint density at radius 3 is 2.67 bits per heavy atom. The Bertz CT molecular complexity index is 362. The highest BCUT2D eigenvalue weighted by Gasteiger charge is 2.19. The van der Waals surface area contributed by atoms with E-state index in [2.05, 4.69) is 0 Å². The van der Waals surface area contributed by atoms with Gasteiger partial charge in [0.1, 0.15) is 12.4 Å². The molecule has 0 amide bonds. The van der Waals surface area contributed by atoms with Gasteiger partial charge in [-0.05, 0) is 12.1 Å². The van der Waals surface area contributed by atoms with Gasteiger partial charge in [0.15, 0.2) is 0 Å². The maximum absolute atomic E-state index is 12.2. The van der Waals surface area contributed by atoms with Gasteiger partial charge in [-0.1, -0.05) is 0 Å². The van der Waals surface area contributed by atoms with E-state index in [1.807, 2.05) is 0 Å². The molecule has 15 heavy (non-hydrogen) atoms. The second-order valence-corrected chi connectivity index (χ2v) is 2.76. The zero-order chi connectivity index (χ0) is 10.7. The van der Waals surface area contributed by atoms with Gasteiger partial charge in [0.2, 0.25) is 0 Å². The van der Waals surface area contributed by atoms with Crippen LogP contribution in [0.3, 0.4) is 0 Å². The molecule has 3 N–H and O–H groups in total. The molecule has 0 bridgehead atoms. The molecule has 1 atom stereocenters. The lowest BCUT2D eigenvalue weighted by Crippen LogP contribution is -2.14. The molecule has 0 saturated heterocycles. The van der Waals surface area contributed by atoms with Gasteiger partial charge in [-0.3, -0.25) is 10.1 Å². The van der Waals surface area contributed by atoms with Crippen LogP contribution in [0.4, 0.5) is 10.1 Å². The van der Waals surface area contributed by atoms with Crippen LogP contribution in [0.5, 0.6) is 5.75 Å². The topological polar surface area (TPSA) is 89.4 Å². The Balaban J connectivity index is 0.00000196. The normalized spacial score (nSPS) is 11.6. The molecule has 1 rings (SSSR count). The minimum atomic E-state index is -1.08. The van der Waals surface area contributed by atoms with E-state index in [0.717, 1.165) is 18.2 Å². The van der Waals surface area contributed by atoms with Crippen molar-refractivity contribution in [1.82, 2.24) is 0 Å². The first-order chi connectivity index (χ1) is 6.56. The minimum absolute atomic E-state index is 0. The monoisotopic (exact) mass is 236 g/mol. The van der Waals surface area contributed by atoms with Gasteiger partial charge in [-0.25, -0.2) is 4.39 Å². The quantitative estimate of drug-likeness (QED) is 0.617. The van der Waals surface area contributed by atoms with Crippen LogP contribution in [0.2, 0.25) is 0 Å². The number of hydrogen-bond donors (Lipinski definition) is 2. The SMILES string of the molecule is Cl.N[C@@H](CF)c1cc(O)ccc1[N+](=O)[O-]. The summed E-state index contributed by atoms with van der Waals surface area (Å²) in [5.74, 6) is -0.172. The smallest absolute Gasteiger partial charge is 0.274 e. The Morgan fingerprint density at radius 1 is 1.60 bits per heavy atom. The number of nitrogens with zero attached hydrogens (tertiary/aromatic N) is 1. The van der Waals surface area contributed by atoms with Crippen LogP contribution in [0.25, 0.3) is 0 Å². The molecule has 0 unspecified atom stereocenters. The first kappa shape index (κ1) is 13.6. The molecule has 0 aliphatic carbocycles. The van der Waals surface area contributed by atoms with Gasteiger partial charge in [0.05, 0.1) is 16.5 Å². The highest BCUT2D eigenvalue weighted by Crippen LogP contribution is 2.27. The van der Waals surface area contributed by atoms with Crippen molar-refractivity contribution in [2.24, 2.45) is 5.73 Å². The number of rotatable bonds is 3. The Kier molecular flexibility index (Phi) is 4.96. The summed E-state index contributed by atoms with van der Waals surface area (Å²) in [6, 6.07) is 2.28. The van der Waals surface area contributed by atoms with Crippen molar-refractivity contribution >= 4 is 18.1 Å². The average Bonchev–Trinajstić information content (AvgIpc) is 2.16. The molecule has 0 spiro atoms. The summed E-state index contributed by atoms with van der Waals surface area (Å²) in [5.41, 5.74) is 5.02. The van der Waals surface area contributed by atoms with Gasteiger partial charge < -0.3 is 10.8 Å². The molecule has 0 aromatic heterocycles. The van der Waals surface area contributed by atoms with E-state index < -0.39 is 17.6 Å². The third kappa shape index (κ3) is 3.03. The molecule has 0 aliphatic rings. The van der Waals surface area contributed by atoms with Crippen LogP contribution in [0.1, 0.15) is 11.6 Å². The summed E-state index contributed by atoms with van der Waals surface area (Å²) in [5, 5.41) is 19.6. The van der Waals surface area contributed by atoms with E-state index in [-0.39, 0.29) is 29.4 Å². The highest BCUT2D eigenvalue weighted by atomic mass is 35.5. The van der Waals surface area contributed by atoms with Crippen molar-refractivity contribution in [3.8, 4) is 5.75 Å². The van der Waals surface area contributed by atoms with Crippen LogP contribution >= 0.6 is 12.4 Å². The number of nitro groups is 1. The number of nitrogens with two attached hydrogens (primary N) is 1. The van der Waals surface area contributed by atoms with E-state index in [9.17, 15) is 14.5 Å². The van der Waals surface area contributed by atoms with Crippen molar-refractivity contribution in [3.63, 3.8) is 0 Å². The maximum atomic E-state index is 12.2. The number of benzene rings is 1. The van der Waals surface area contributed by atoms with E-state index in [1.165, 1.54) is 0 Å². The zero-order valence-corrected chi connectivity index (χ0v) is 8.41. The van der Waals surface area contributed by atoms with E-state index in [4.69, 9.17) is 10.8 Å². The molecule has 0 heterocycles. The van der Waals surface area contributed by atoms with Gasteiger partial charge in [-0.15, -0.1) is 12.4 Å². The molecule has 0 aliphatic heterocycles. The lowest BCUT2D eigenvalue weighted by atomic mass is 10.1. The number of hydrogen-bond acceptors (Lipinski definition) is 4. The largest absolute Gasteiger partial charge is 0.508 e. The molecule has 0 fully saturated rings. The van der Waals surface area contributed by atoms with Crippen molar-refractivity contribution in [2.45, 2.75) is 6.04 Å². The van der Waals surface area contributed by atoms with Crippen LogP contribution < -0.4 is 5.73 Å². The van der Waals surface area contributed by atoms with Gasteiger partial charge >= 0.3 is 0 Å². The first-order valence-corrected chi connectivity index (χ1v) is 3.85.